The minimum atomic E-state index is 0.550. The zero-order valence-electron chi connectivity index (χ0n) is 26.7. The second-order valence-corrected chi connectivity index (χ2v) is 12.3. The predicted molar refractivity (Wildman–Crippen MR) is 202 cm³/mol. The van der Waals surface area contributed by atoms with E-state index in [2.05, 4.69) is 98.9 Å². The van der Waals surface area contributed by atoms with E-state index in [9.17, 15) is 10.5 Å². The standard InChI is InChI=1S/C45H25N5/c1-48-34-17-20-44-40(26-34)38-12-6-8-14-42(38)50(44)45-25-32(16-18-36(45)31-9-3-2-4-10-31)33-21-30(28-47)22-35(24-33)49-41-13-7-5-11-37(41)39-23-29(27-46)15-19-43(39)49/h2-26H. The summed E-state index contributed by atoms with van der Waals surface area (Å²) in [6, 6.07) is 55.7. The van der Waals surface area contributed by atoms with Crippen LogP contribution in [0, 0.1) is 29.2 Å². The van der Waals surface area contributed by atoms with Crippen molar-refractivity contribution >= 4 is 49.3 Å². The molecule has 0 aliphatic rings. The Labute approximate surface area is 288 Å². The summed E-state index contributed by atoms with van der Waals surface area (Å²) < 4.78 is 4.47. The number of hydrogen-bond acceptors (Lipinski definition) is 2. The first-order valence-electron chi connectivity index (χ1n) is 16.2. The molecule has 5 nitrogen and oxygen atoms in total. The fraction of sp³-hybridized carbons (Fsp3) is 0. The molecule has 0 saturated heterocycles. The van der Waals surface area contributed by atoms with Crippen LogP contribution in [0.4, 0.5) is 5.69 Å². The summed E-state index contributed by atoms with van der Waals surface area (Å²) in [7, 11) is 0. The summed E-state index contributed by atoms with van der Waals surface area (Å²) in [6.45, 7) is 7.66. The van der Waals surface area contributed by atoms with Gasteiger partial charge < -0.3 is 9.13 Å². The lowest BCUT2D eigenvalue weighted by Crippen LogP contribution is -1.99. The first kappa shape index (κ1) is 28.8. The second-order valence-electron chi connectivity index (χ2n) is 12.3. The maximum Gasteiger partial charge on any atom is 0.188 e. The average Bonchev–Trinajstić information content (AvgIpc) is 3.69. The molecule has 0 bridgehead atoms. The first-order valence-corrected chi connectivity index (χ1v) is 16.2. The van der Waals surface area contributed by atoms with Crippen LogP contribution in [0.25, 0.3) is 82.1 Å². The van der Waals surface area contributed by atoms with Crippen molar-refractivity contribution in [3.05, 3.63) is 174 Å². The molecular formula is C45H25N5. The highest BCUT2D eigenvalue weighted by molar-refractivity contribution is 6.11. The molecule has 2 heterocycles. The monoisotopic (exact) mass is 635 g/mol. The third kappa shape index (κ3) is 4.45. The van der Waals surface area contributed by atoms with E-state index in [-0.39, 0.29) is 0 Å². The smallest absolute Gasteiger partial charge is 0.188 e. The van der Waals surface area contributed by atoms with Crippen LogP contribution in [0.5, 0.6) is 0 Å². The van der Waals surface area contributed by atoms with Gasteiger partial charge in [-0.2, -0.15) is 10.5 Å². The van der Waals surface area contributed by atoms with Gasteiger partial charge in [0.15, 0.2) is 5.69 Å². The van der Waals surface area contributed by atoms with Gasteiger partial charge >= 0.3 is 0 Å². The van der Waals surface area contributed by atoms with Crippen molar-refractivity contribution < 1.29 is 0 Å². The number of fused-ring (bicyclic) bond motifs is 6. The summed E-state index contributed by atoms with van der Waals surface area (Å²) in [6.07, 6.45) is 0. The molecule has 0 saturated carbocycles. The van der Waals surface area contributed by atoms with Crippen LogP contribution in [-0.2, 0) is 0 Å². The predicted octanol–water partition coefficient (Wildman–Crippen LogP) is 11.5. The van der Waals surface area contributed by atoms with Crippen LogP contribution in [-0.4, -0.2) is 9.13 Å². The number of aromatic nitrogens is 2. The Kier molecular flexibility index (Phi) is 6.56. The first-order chi connectivity index (χ1) is 24.6. The van der Waals surface area contributed by atoms with Gasteiger partial charge in [0.25, 0.3) is 0 Å². The van der Waals surface area contributed by atoms with E-state index in [1.165, 1.54) is 0 Å². The Balaban J connectivity index is 1.32. The molecule has 5 heteroatoms. The zero-order chi connectivity index (χ0) is 33.8. The summed E-state index contributed by atoms with van der Waals surface area (Å²) >= 11 is 0. The van der Waals surface area contributed by atoms with Crippen LogP contribution in [0.15, 0.2) is 152 Å². The second kappa shape index (κ2) is 11.4. The number of benzene rings is 7. The molecule has 0 amide bonds. The Morgan fingerprint density at radius 1 is 0.460 bits per heavy atom. The largest absolute Gasteiger partial charge is 0.309 e. The molecule has 0 radical (unpaired) electrons. The summed E-state index contributed by atoms with van der Waals surface area (Å²) in [5.41, 5.74) is 11.7. The number of para-hydroxylation sites is 2. The molecule has 9 aromatic rings. The van der Waals surface area contributed by atoms with Gasteiger partial charge in [-0.15, -0.1) is 0 Å². The highest BCUT2D eigenvalue weighted by Crippen LogP contribution is 2.40. The highest BCUT2D eigenvalue weighted by atomic mass is 15.0. The molecular weight excluding hydrogens is 611 g/mol. The lowest BCUT2D eigenvalue weighted by atomic mass is 9.96. The van der Waals surface area contributed by atoms with E-state index >= 15 is 0 Å². The van der Waals surface area contributed by atoms with E-state index in [1.807, 2.05) is 78.9 Å². The van der Waals surface area contributed by atoms with Gasteiger partial charge in [0.2, 0.25) is 0 Å². The summed E-state index contributed by atoms with van der Waals surface area (Å²) in [5, 5.41) is 24.1. The minimum absolute atomic E-state index is 0.550. The van der Waals surface area contributed by atoms with Crippen molar-refractivity contribution in [2.75, 3.05) is 0 Å². The topological polar surface area (TPSA) is 61.8 Å². The molecule has 0 atom stereocenters. The molecule has 0 N–H and O–H groups in total. The Morgan fingerprint density at radius 3 is 1.84 bits per heavy atom. The van der Waals surface area contributed by atoms with Crippen molar-refractivity contribution in [3.63, 3.8) is 0 Å². The van der Waals surface area contributed by atoms with Gasteiger partial charge in [0.1, 0.15) is 0 Å². The number of nitriles is 2. The molecule has 0 unspecified atom stereocenters. The average molecular weight is 636 g/mol. The lowest BCUT2D eigenvalue weighted by molar-refractivity contribution is 1.17. The molecule has 7 aromatic carbocycles. The van der Waals surface area contributed by atoms with E-state index in [4.69, 9.17) is 6.57 Å². The molecule has 2 aromatic heterocycles. The van der Waals surface area contributed by atoms with E-state index in [0.717, 1.165) is 77.2 Å². The number of rotatable bonds is 4. The number of nitrogens with zero attached hydrogens (tertiary/aromatic N) is 5. The van der Waals surface area contributed by atoms with Gasteiger partial charge in [-0.25, -0.2) is 4.85 Å². The fourth-order valence-electron chi connectivity index (χ4n) is 7.34. The molecule has 0 fully saturated rings. The normalized spacial score (nSPS) is 11.1. The van der Waals surface area contributed by atoms with Crippen LogP contribution < -0.4 is 0 Å². The SMILES string of the molecule is [C-]#[N+]c1ccc2c(c1)c1ccccc1n2-c1cc(-c2cc(C#N)cc(-n3c4ccccc4c4cc(C#N)ccc43)c2)ccc1-c1ccccc1. The van der Waals surface area contributed by atoms with Crippen molar-refractivity contribution in [3.8, 4) is 45.8 Å². The Morgan fingerprint density at radius 2 is 1.10 bits per heavy atom. The minimum Gasteiger partial charge on any atom is -0.309 e. The van der Waals surface area contributed by atoms with E-state index in [0.29, 0.717) is 16.8 Å². The summed E-state index contributed by atoms with van der Waals surface area (Å²) in [4.78, 5) is 3.72. The Bertz CT molecular complexity index is 2960. The Hall–Kier alpha value is -7.39. The summed E-state index contributed by atoms with van der Waals surface area (Å²) in [5.74, 6) is 0. The number of hydrogen-bond donors (Lipinski definition) is 0. The van der Waals surface area contributed by atoms with Crippen LogP contribution in [0.1, 0.15) is 11.1 Å². The molecule has 230 valence electrons. The molecule has 0 aliphatic heterocycles. The van der Waals surface area contributed by atoms with Crippen molar-refractivity contribution in [2.45, 2.75) is 0 Å². The van der Waals surface area contributed by atoms with Gasteiger partial charge in [0.05, 0.1) is 57.6 Å². The maximum atomic E-state index is 10.3. The van der Waals surface area contributed by atoms with Crippen LogP contribution >= 0.6 is 0 Å². The van der Waals surface area contributed by atoms with Gasteiger partial charge in [-0.3, -0.25) is 0 Å². The quantitative estimate of drug-likeness (QED) is 0.181. The van der Waals surface area contributed by atoms with Crippen molar-refractivity contribution in [1.29, 1.82) is 10.5 Å². The lowest BCUT2D eigenvalue weighted by Gasteiger charge is -2.17. The van der Waals surface area contributed by atoms with E-state index < -0.39 is 0 Å². The third-order valence-electron chi connectivity index (χ3n) is 9.55. The van der Waals surface area contributed by atoms with Gasteiger partial charge in [-0.1, -0.05) is 84.9 Å². The van der Waals surface area contributed by atoms with Crippen molar-refractivity contribution in [2.24, 2.45) is 0 Å². The highest BCUT2D eigenvalue weighted by Gasteiger charge is 2.19. The maximum absolute atomic E-state index is 10.3. The molecule has 9 rings (SSSR count). The molecule has 0 aliphatic carbocycles. The molecule has 50 heavy (non-hydrogen) atoms. The zero-order valence-corrected chi connectivity index (χ0v) is 26.7. The van der Waals surface area contributed by atoms with Crippen LogP contribution in [0.2, 0.25) is 0 Å². The molecule has 0 spiro atoms. The van der Waals surface area contributed by atoms with Gasteiger partial charge in [-0.05, 0) is 88.8 Å². The third-order valence-corrected chi connectivity index (χ3v) is 9.55. The van der Waals surface area contributed by atoms with Crippen molar-refractivity contribution in [1.82, 2.24) is 9.13 Å². The van der Waals surface area contributed by atoms with Crippen LogP contribution in [0.3, 0.4) is 0 Å². The fourth-order valence-corrected chi connectivity index (χ4v) is 7.34. The van der Waals surface area contributed by atoms with E-state index in [1.54, 1.807) is 0 Å². The van der Waals surface area contributed by atoms with Gasteiger partial charge in [0, 0.05) is 27.4 Å².